The molecule has 0 aromatic heterocycles. The number of hydrogen-bond acceptors (Lipinski definition) is 4. The molecule has 0 radical (unpaired) electrons. The van der Waals surface area contributed by atoms with Gasteiger partial charge < -0.3 is 10.2 Å². The quantitative estimate of drug-likeness (QED) is 0.301. The summed E-state index contributed by atoms with van der Waals surface area (Å²) in [6, 6.07) is 10.1. The summed E-state index contributed by atoms with van der Waals surface area (Å²) in [5.41, 5.74) is 3.17. The summed E-state index contributed by atoms with van der Waals surface area (Å²) in [5, 5.41) is 4.08. The van der Waals surface area contributed by atoms with Crippen molar-refractivity contribution in [2.75, 3.05) is 17.1 Å². The maximum absolute atomic E-state index is 13.7. The van der Waals surface area contributed by atoms with Gasteiger partial charge in [0.25, 0.3) is 0 Å². The molecule has 40 heavy (non-hydrogen) atoms. The SMILES string of the molecule is CC[C@H](C(=O)NC1CCCCC1)N(Cc1ccc(Cl)cc1Cl)C(=O)CCCN(c1cccc(C)c1C)S(C)(=O)=O. The van der Waals surface area contributed by atoms with Crippen LogP contribution in [-0.2, 0) is 26.2 Å². The van der Waals surface area contributed by atoms with E-state index in [9.17, 15) is 18.0 Å². The number of carbonyl (C=O) groups excluding carboxylic acids is 2. The van der Waals surface area contributed by atoms with Crippen molar-refractivity contribution >= 4 is 50.7 Å². The van der Waals surface area contributed by atoms with Crippen LogP contribution in [0.5, 0.6) is 0 Å². The van der Waals surface area contributed by atoms with Crippen molar-refractivity contribution in [2.24, 2.45) is 0 Å². The van der Waals surface area contributed by atoms with Crippen LogP contribution in [-0.4, -0.2) is 50.0 Å². The molecule has 0 bridgehead atoms. The van der Waals surface area contributed by atoms with E-state index >= 15 is 0 Å². The summed E-state index contributed by atoms with van der Waals surface area (Å²) < 4.78 is 26.7. The molecule has 0 heterocycles. The summed E-state index contributed by atoms with van der Waals surface area (Å²) in [4.78, 5) is 28.7. The number of aryl methyl sites for hydroxylation is 1. The van der Waals surface area contributed by atoms with Gasteiger partial charge in [0.2, 0.25) is 21.8 Å². The second-order valence-corrected chi connectivity index (χ2v) is 13.4. The Morgan fingerprint density at radius 2 is 1.77 bits per heavy atom. The molecule has 1 fully saturated rings. The van der Waals surface area contributed by atoms with Gasteiger partial charge in [-0.25, -0.2) is 8.42 Å². The van der Waals surface area contributed by atoms with Gasteiger partial charge in [-0.05, 0) is 74.4 Å². The highest BCUT2D eigenvalue weighted by molar-refractivity contribution is 7.92. The van der Waals surface area contributed by atoms with Crippen molar-refractivity contribution in [3.05, 3.63) is 63.1 Å². The standard InChI is InChI=1S/C30H41Cl2N3O4S/c1-5-27(30(37)33-25-12-7-6-8-13-25)34(20-23-16-17-24(31)19-26(23)32)29(36)15-10-18-35(40(4,38)39)28-14-9-11-21(2)22(28)3/h9,11,14,16-17,19,25,27H,5-8,10,12-13,15,18,20H2,1-4H3,(H,33,37)/t27-/m1/s1. The Balaban J connectivity index is 1.81. The van der Waals surface area contributed by atoms with Gasteiger partial charge in [0.15, 0.2) is 0 Å². The van der Waals surface area contributed by atoms with Gasteiger partial charge >= 0.3 is 0 Å². The molecular formula is C30H41Cl2N3O4S. The van der Waals surface area contributed by atoms with Gasteiger partial charge in [-0.1, -0.05) is 67.6 Å². The van der Waals surface area contributed by atoms with E-state index in [4.69, 9.17) is 23.2 Å². The monoisotopic (exact) mass is 609 g/mol. The summed E-state index contributed by atoms with van der Waals surface area (Å²) in [6.45, 7) is 6.02. The number of benzene rings is 2. The van der Waals surface area contributed by atoms with E-state index in [2.05, 4.69) is 5.32 Å². The predicted molar refractivity (Wildman–Crippen MR) is 163 cm³/mol. The lowest BCUT2D eigenvalue weighted by atomic mass is 9.95. The summed E-state index contributed by atoms with van der Waals surface area (Å²) in [7, 11) is -3.57. The molecule has 3 rings (SSSR count). The predicted octanol–water partition coefficient (Wildman–Crippen LogP) is 6.41. The lowest BCUT2D eigenvalue weighted by Crippen LogP contribution is -2.51. The highest BCUT2D eigenvalue weighted by atomic mass is 35.5. The van der Waals surface area contributed by atoms with Crippen molar-refractivity contribution in [1.29, 1.82) is 0 Å². The molecule has 1 N–H and O–H groups in total. The number of sulfonamides is 1. The second kappa shape index (κ2) is 14.6. The normalized spacial score (nSPS) is 14.9. The third-order valence-corrected chi connectivity index (χ3v) is 9.46. The molecule has 2 aromatic carbocycles. The molecule has 2 aromatic rings. The average molecular weight is 611 g/mol. The van der Waals surface area contributed by atoms with Crippen LogP contribution in [0.15, 0.2) is 36.4 Å². The molecule has 220 valence electrons. The van der Waals surface area contributed by atoms with E-state index in [-0.39, 0.29) is 37.4 Å². The number of hydrogen-bond donors (Lipinski definition) is 1. The third kappa shape index (κ3) is 8.60. The van der Waals surface area contributed by atoms with E-state index in [0.717, 1.165) is 36.8 Å². The van der Waals surface area contributed by atoms with Crippen LogP contribution in [0, 0.1) is 13.8 Å². The van der Waals surface area contributed by atoms with Gasteiger partial charge in [0.05, 0.1) is 11.9 Å². The number of nitrogens with one attached hydrogen (secondary N) is 1. The highest BCUT2D eigenvalue weighted by Crippen LogP contribution is 2.27. The fourth-order valence-corrected chi connectivity index (χ4v) is 6.77. The Morgan fingerprint density at radius 3 is 2.40 bits per heavy atom. The zero-order valence-corrected chi connectivity index (χ0v) is 26.2. The second-order valence-electron chi connectivity index (χ2n) is 10.7. The molecule has 1 aliphatic carbocycles. The van der Waals surface area contributed by atoms with Crippen molar-refractivity contribution < 1.29 is 18.0 Å². The Hall–Kier alpha value is -2.29. The van der Waals surface area contributed by atoms with E-state index in [1.165, 1.54) is 17.0 Å². The maximum Gasteiger partial charge on any atom is 0.243 e. The first-order chi connectivity index (χ1) is 18.9. The average Bonchev–Trinajstić information content (AvgIpc) is 2.89. The van der Waals surface area contributed by atoms with Crippen molar-refractivity contribution in [3.63, 3.8) is 0 Å². The number of amides is 2. The number of rotatable bonds is 12. The number of halogens is 2. The largest absolute Gasteiger partial charge is 0.352 e. The van der Waals surface area contributed by atoms with Crippen LogP contribution < -0.4 is 9.62 Å². The van der Waals surface area contributed by atoms with Crippen LogP contribution in [0.4, 0.5) is 5.69 Å². The lowest BCUT2D eigenvalue weighted by molar-refractivity contribution is -0.141. The molecule has 0 unspecified atom stereocenters. The summed E-state index contributed by atoms with van der Waals surface area (Å²) >= 11 is 12.5. The lowest BCUT2D eigenvalue weighted by Gasteiger charge is -2.33. The van der Waals surface area contributed by atoms with Gasteiger partial charge in [-0.2, -0.15) is 0 Å². The molecule has 1 aliphatic rings. The Bertz CT molecular complexity index is 1300. The maximum atomic E-state index is 13.7. The van der Waals surface area contributed by atoms with E-state index in [0.29, 0.717) is 34.1 Å². The van der Waals surface area contributed by atoms with E-state index in [1.807, 2.05) is 32.9 Å². The fraction of sp³-hybridized carbons (Fsp3) is 0.533. The third-order valence-electron chi connectivity index (χ3n) is 7.69. The Kier molecular flexibility index (Phi) is 11.7. The Morgan fingerprint density at radius 1 is 1.07 bits per heavy atom. The van der Waals surface area contributed by atoms with Crippen LogP contribution in [0.1, 0.15) is 75.0 Å². The van der Waals surface area contributed by atoms with Gasteiger partial charge in [-0.15, -0.1) is 0 Å². The van der Waals surface area contributed by atoms with Gasteiger partial charge in [-0.3, -0.25) is 13.9 Å². The molecule has 10 heteroatoms. The first kappa shape index (κ1) is 32.2. The van der Waals surface area contributed by atoms with Crippen LogP contribution in [0.3, 0.4) is 0 Å². The van der Waals surface area contributed by atoms with Crippen molar-refractivity contribution in [1.82, 2.24) is 10.2 Å². The minimum absolute atomic E-state index is 0.0787. The molecule has 1 saturated carbocycles. The fourth-order valence-electron chi connectivity index (χ4n) is 5.29. The van der Waals surface area contributed by atoms with E-state index < -0.39 is 16.1 Å². The first-order valence-electron chi connectivity index (χ1n) is 14.0. The number of nitrogens with zero attached hydrogens (tertiary/aromatic N) is 2. The summed E-state index contributed by atoms with van der Waals surface area (Å²) in [6.07, 6.45) is 7.22. The number of carbonyl (C=O) groups is 2. The topological polar surface area (TPSA) is 86.8 Å². The van der Waals surface area contributed by atoms with E-state index in [1.54, 1.807) is 29.2 Å². The van der Waals surface area contributed by atoms with Crippen LogP contribution >= 0.6 is 23.2 Å². The van der Waals surface area contributed by atoms with Crippen molar-refractivity contribution in [3.8, 4) is 0 Å². The molecule has 0 saturated heterocycles. The molecule has 0 spiro atoms. The zero-order valence-electron chi connectivity index (χ0n) is 23.9. The van der Waals surface area contributed by atoms with Crippen molar-refractivity contribution in [2.45, 2.75) is 90.8 Å². The van der Waals surface area contributed by atoms with Crippen LogP contribution in [0.25, 0.3) is 0 Å². The Labute approximate surface area is 249 Å². The minimum atomic E-state index is -3.57. The first-order valence-corrected chi connectivity index (χ1v) is 16.6. The minimum Gasteiger partial charge on any atom is -0.352 e. The molecule has 7 nitrogen and oxygen atoms in total. The molecule has 0 aliphatic heterocycles. The highest BCUT2D eigenvalue weighted by Gasteiger charge is 2.31. The van der Waals surface area contributed by atoms with Crippen LogP contribution in [0.2, 0.25) is 10.0 Å². The van der Waals surface area contributed by atoms with Gasteiger partial charge in [0, 0.05) is 35.6 Å². The zero-order chi connectivity index (χ0) is 29.4. The molecule has 2 amide bonds. The molecular weight excluding hydrogens is 569 g/mol. The molecule has 1 atom stereocenters. The smallest absolute Gasteiger partial charge is 0.243 e. The summed E-state index contributed by atoms with van der Waals surface area (Å²) in [5.74, 6) is -0.396. The van der Waals surface area contributed by atoms with Gasteiger partial charge in [0.1, 0.15) is 6.04 Å². The number of anilines is 1.